The summed E-state index contributed by atoms with van der Waals surface area (Å²) in [5.74, 6) is -0.816. The maximum atomic E-state index is 13.3. The molecule has 0 amide bonds. The number of Topliss-reactive ketones (excluding diaryl/α,β-unsaturated/α-hetero) is 1. The monoisotopic (exact) mass is 339 g/mol. The van der Waals surface area contributed by atoms with E-state index in [-0.39, 0.29) is 23.7 Å². The van der Waals surface area contributed by atoms with Gasteiger partial charge < -0.3 is 4.74 Å². The maximum absolute atomic E-state index is 13.3. The Kier molecular flexibility index (Phi) is 4.30. The van der Waals surface area contributed by atoms with E-state index in [2.05, 4.69) is 15.9 Å². The third-order valence-corrected chi connectivity index (χ3v) is 4.20. The van der Waals surface area contributed by atoms with E-state index in [1.807, 2.05) is 0 Å². The molecule has 0 saturated carbocycles. The Morgan fingerprint density at radius 2 is 2.26 bits per heavy atom. The third-order valence-electron chi connectivity index (χ3n) is 2.32. The molecular formula is C13H7BrFNO2S. The minimum Gasteiger partial charge on any atom is -0.484 e. The molecule has 0 aliphatic rings. The first-order valence-electron chi connectivity index (χ1n) is 5.21. The highest BCUT2D eigenvalue weighted by atomic mass is 79.9. The van der Waals surface area contributed by atoms with Crippen molar-refractivity contribution in [2.45, 2.75) is 0 Å². The number of hydrogen-bond donors (Lipinski definition) is 0. The van der Waals surface area contributed by atoms with Gasteiger partial charge in [-0.15, -0.1) is 11.3 Å². The molecule has 2 rings (SSSR count). The first-order chi connectivity index (χ1) is 9.13. The second-order valence-electron chi connectivity index (χ2n) is 3.53. The van der Waals surface area contributed by atoms with Gasteiger partial charge in [0, 0.05) is 4.47 Å². The Morgan fingerprint density at radius 1 is 1.47 bits per heavy atom. The number of rotatable bonds is 4. The number of carbonyl (C=O) groups is 1. The molecule has 0 unspecified atom stereocenters. The number of nitriles is 1. The molecule has 0 spiro atoms. The third kappa shape index (κ3) is 3.00. The van der Waals surface area contributed by atoms with Crippen molar-refractivity contribution in [3.8, 4) is 11.8 Å². The molecule has 0 aliphatic carbocycles. The van der Waals surface area contributed by atoms with E-state index >= 15 is 0 Å². The maximum Gasteiger partial charge on any atom is 0.211 e. The van der Waals surface area contributed by atoms with Gasteiger partial charge >= 0.3 is 0 Å². The quantitative estimate of drug-likeness (QED) is 0.796. The summed E-state index contributed by atoms with van der Waals surface area (Å²) in [6, 6.07) is 7.53. The number of ether oxygens (including phenoxy) is 1. The SMILES string of the molecule is N#Cc1c(F)cccc1OCC(=O)c1sccc1Br. The molecule has 0 atom stereocenters. The van der Waals surface area contributed by atoms with E-state index in [9.17, 15) is 9.18 Å². The summed E-state index contributed by atoms with van der Waals surface area (Å²) in [6.45, 7) is -0.239. The molecule has 0 fully saturated rings. The molecule has 0 N–H and O–H groups in total. The average Bonchev–Trinajstić information content (AvgIpc) is 2.82. The van der Waals surface area contributed by atoms with Crippen LogP contribution in [-0.2, 0) is 0 Å². The highest BCUT2D eigenvalue weighted by Crippen LogP contribution is 2.24. The van der Waals surface area contributed by atoms with E-state index in [0.717, 1.165) is 0 Å². The van der Waals surface area contributed by atoms with Gasteiger partial charge in [0.2, 0.25) is 5.78 Å². The fraction of sp³-hybridized carbons (Fsp3) is 0.0769. The molecule has 2 aromatic rings. The molecule has 0 radical (unpaired) electrons. The second-order valence-corrected chi connectivity index (χ2v) is 5.30. The van der Waals surface area contributed by atoms with E-state index in [1.54, 1.807) is 17.5 Å². The minimum absolute atomic E-state index is 0.0727. The summed E-state index contributed by atoms with van der Waals surface area (Å²) in [5.41, 5.74) is -0.194. The number of ketones is 1. The molecule has 0 saturated heterocycles. The normalized spacial score (nSPS) is 9.95. The van der Waals surface area contributed by atoms with Gasteiger partial charge in [-0.05, 0) is 39.5 Å². The fourth-order valence-corrected chi connectivity index (χ4v) is 2.95. The predicted octanol–water partition coefficient (Wildman–Crippen LogP) is 3.78. The summed E-state index contributed by atoms with van der Waals surface area (Å²) in [6.07, 6.45) is 0. The van der Waals surface area contributed by atoms with Crippen LogP contribution in [0.1, 0.15) is 15.2 Å². The van der Waals surface area contributed by atoms with Crippen molar-refractivity contribution in [2.75, 3.05) is 6.61 Å². The standard InChI is InChI=1S/C13H7BrFNO2S/c14-9-4-5-19-13(9)11(17)7-18-12-3-1-2-10(15)8(12)6-16/h1-5H,7H2. The van der Waals surface area contributed by atoms with Gasteiger partial charge in [-0.3, -0.25) is 4.79 Å². The van der Waals surface area contributed by atoms with Crippen LogP contribution in [0.3, 0.4) is 0 Å². The number of nitrogens with zero attached hydrogens (tertiary/aromatic N) is 1. The highest BCUT2D eigenvalue weighted by molar-refractivity contribution is 9.10. The summed E-state index contributed by atoms with van der Waals surface area (Å²) in [4.78, 5) is 12.4. The van der Waals surface area contributed by atoms with Crippen LogP contribution in [0.5, 0.6) is 5.75 Å². The van der Waals surface area contributed by atoms with Crippen molar-refractivity contribution in [1.29, 1.82) is 5.26 Å². The Balaban J connectivity index is 2.12. The first kappa shape index (κ1) is 13.7. The molecule has 6 heteroatoms. The Morgan fingerprint density at radius 3 is 2.89 bits per heavy atom. The molecule has 1 aromatic heterocycles. The fourth-order valence-electron chi connectivity index (χ4n) is 1.43. The van der Waals surface area contributed by atoms with Crippen molar-refractivity contribution >= 4 is 33.0 Å². The number of benzene rings is 1. The Hall–Kier alpha value is -1.71. The van der Waals surface area contributed by atoms with Crippen molar-refractivity contribution in [1.82, 2.24) is 0 Å². The van der Waals surface area contributed by atoms with Gasteiger partial charge in [0.25, 0.3) is 0 Å². The topological polar surface area (TPSA) is 50.1 Å². The van der Waals surface area contributed by atoms with Gasteiger partial charge in [0.05, 0.1) is 4.88 Å². The van der Waals surface area contributed by atoms with E-state index in [4.69, 9.17) is 10.00 Å². The number of halogens is 2. The summed E-state index contributed by atoms with van der Waals surface area (Å²) in [5, 5.41) is 10.6. The lowest BCUT2D eigenvalue weighted by molar-refractivity contribution is 0.0924. The molecular weight excluding hydrogens is 333 g/mol. The Bertz CT molecular complexity index is 663. The predicted molar refractivity (Wildman–Crippen MR) is 73.0 cm³/mol. The molecule has 1 aromatic carbocycles. The lowest BCUT2D eigenvalue weighted by atomic mass is 10.2. The molecule has 19 heavy (non-hydrogen) atoms. The lowest BCUT2D eigenvalue weighted by Gasteiger charge is -2.07. The van der Waals surface area contributed by atoms with Gasteiger partial charge in [0.1, 0.15) is 23.2 Å². The zero-order chi connectivity index (χ0) is 13.8. The molecule has 3 nitrogen and oxygen atoms in total. The van der Waals surface area contributed by atoms with Gasteiger partial charge in [-0.1, -0.05) is 6.07 Å². The van der Waals surface area contributed by atoms with Crippen LogP contribution >= 0.6 is 27.3 Å². The molecule has 96 valence electrons. The average molecular weight is 340 g/mol. The van der Waals surface area contributed by atoms with Crippen LogP contribution in [0.2, 0.25) is 0 Å². The number of carbonyl (C=O) groups excluding carboxylic acids is 1. The van der Waals surface area contributed by atoms with Crippen LogP contribution in [0.15, 0.2) is 34.1 Å². The number of hydrogen-bond acceptors (Lipinski definition) is 4. The zero-order valence-corrected chi connectivity index (χ0v) is 11.9. The highest BCUT2D eigenvalue weighted by Gasteiger charge is 2.14. The van der Waals surface area contributed by atoms with Crippen LogP contribution < -0.4 is 4.74 Å². The van der Waals surface area contributed by atoms with Gasteiger partial charge in [-0.2, -0.15) is 5.26 Å². The van der Waals surface area contributed by atoms with Crippen LogP contribution in [-0.4, -0.2) is 12.4 Å². The molecule has 0 aliphatic heterocycles. The second kappa shape index (κ2) is 5.95. The van der Waals surface area contributed by atoms with Crippen LogP contribution in [0.4, 0.5) is 4.39 Å². The summed E-state index contributed by atoms with van der Waals surface area (Å²) < 4.78 is 19.2. The van der Waals surface area contributed by atoms with Crippen molar-refractivity contribution in [3.05, 3.63) is 50.4 Å². The Labute approximate surface area is 121 Å². The summed E-state index contributed by atoms with van der Waals surface area (Å²) >= 11 is 4.54. The van der Waals surface area contributed by atoms with E-state index < -0.39 is 5.82 Å². The van der Waals surface area contributed by atoms with Crippen molar-refractivity contribution in [3.63, 3.8) is 0 Å². The summed E-state index contributed by atoms with van der Waals surface area (Å²) in [7, 11) is 0. The first-order valence-corrected chi connectivity index (χ1v) is 6.88. The molecule has 0 bridgehead atoms. The van der Waals surface area contributed by atoms with E-state index in [0.29, 0.717) is 9.35 Å². The van der Waals surface area contributed by atoms with Gasteiger partial charge in [0.15, 0.2) is 6.61 Å². The lowest BCUT2D eigenvalue weighted by Crippen LogP contribution is -2.11. The van der Waals surface area contributed by atoms with Crippen LogP contribution in [0, 0.1) is 17.1 Å². The zero-order valence-electron chi connectivity index (χ0n) is 9.52. The van der Waals surface area contributed by atoms with Crippen molar-refractivity contribution in [2.24, 2.45) is 0 Å². The molecule has 1 heterocycles. The van der Waals surface area contributed by atoms with Gasteiger partial charge in [-0.25, -0.2) is 4.39 Å². The number of thiophene rings is 1. The largest absolute Gasteiger partial charge is 0.484 e. The van der Waals surface area contributed by atoms with Crippen molar-refractivity contribution < 1.29 is 13.9 Å². The van der Waals surface area contributed by atoms with E-state index in [1.165, 1.54) is 29.5 Å². The smallest absolute Gasteiger partial charge is 0.211 e. The van der Waals surface area contributed by atoms with Crippen LogP contribution in [0.25, 0.3) is 0 Å². The minimum atomic E-state index is -0.662.